The molecule has 3 aromatic rings. The van der Waals surface area contributed by atoms with Gasteiger partial charge in [-0.3, -0.25) is 14.5 Å². The summed E-state index contributed by atoms with van der Waals surface area (Å²) in [5, 5.41) is 3.12. The van der Waals surface area contributed by atoms with E-state index in [1.54, 1.807) is 18.2 Å². The smallest absolute Gasteiger partial charge is 0.250 e. The molecule has 2 fully saturated rings. The second kappa shape index (κ2) is 7.18. The summed E-state index contributed by atoms with van der Waals surface area (Å²) in [5.41, 5.74) is 2.33. The SMILES string of the molecule is O=C(c1ccc2c(c1)OCO2)C1C(c2ccccc2)C2CCCN2[C@@]12C(=O)Nc1ccccc12. The molecule has 4 aliphatic rings. The Labute approximate surface area is 197 Å². The maximum Gasteiger partial charge on any atom is 0.250 e. The second-order valence-corrected chi connectivity index (χ2v) is 9.52. The number of benzene rings is 3. The minimum absolute atomic E-state index is 0.0339. The number of ether oxygens (including phenoxy) is 2. The number of hydrogen-bond donors (Lipinski definition) is 1. The van der Waals surface area contributed by atoms with Gasteiger partial charge in [0.05, 0.1) is 5.92 Å². The molecule has 4 atom stereocenters. The van der Waals surface area contributed by atoms with Gasteiger partial charge in [0.25, 0.3) is 0 Å². The molecule has 3 unspecified atom stereocenters. The van der Waals surface area contributed by atoms with Gasteiger partial charge in [0.15, 0.2) is 17.3 Å². The molecule has 0 saturated carbocycles. The number of amides is 1. The fourth-order valence-electron chi connectivity index (χ4n) is 6.79. The summed E-state index contributed by atoms with van der Waals surface area (Å²) in [6, 6.07) is 23.5. The minimum atomic E-state index is -1.04. The van der Waals surface area contributed by atoms with Crippen molar-refractivity contribution in [1.29, 1.82) is 0 Å². The molecule has 3 aromatic carbocycles. The van der Waals surface area contributed by atoms with Gasteiger partial charge in [0.2, 0.25) is 12.7 Å². The standard InChI is InChI=1S/C28H24N2O4/c31-26(18-12-13-22-23(15-18)34-16-33-22)25-24(17-7-2-1-3-8-17)21-11-6-14-30(21)28(25)19-9-4-5-10-20(19)29-27(28)32/h1-5,7-10,12-13,15,21,24-25H,6,11,14,16H2,(H,29,32)/t21?,24?,25?,28-/m1/s1. The third-order valence-corrected chi connectivity index (χ3v) is 8.03. The molecule has 6 heteroatoms. The highest BCUT2D eigenvalue weighted by Gasteiger charge is 2.69. The Bertz CT molecular complexity index is 1320. The van der Waals surface area contributed by atoms with E-state index >= 15 is 0 Å². The van der Waals surface area contributed by atoms with Gasteiger partial charge in [-0.25, -0.2) is 0 Å². The van der Waals surface area contributed by atoms with E-state index in [1.807, 2.05) is 42.5 Å². The summed E-state index contributed by atoms with van der Waals surface area (Å²) in [5.74, 6) is 0.419. The number of carbonyl (C=O) groups is 2. The predicted octanol–water partition coefficient (Wildman–Crippen LogP) is 4.32. The number of anilines is 1. The van der Waals surface area contributed by atoms with E-state index in [2.05, 4.69) is 22.3 Å². The van der Waals surface area contributed by atoms with Gasteiger partial charge in [-0.2, -0.15) is 0 Å². The Balaban J connectivity index is 1.46. The monoisotopic (exact) mass is 452 g/mol. The number of nitrogens with one attached hydrogen (secondary N) is 1. The highest BCUT2D eigenvalue weighted by molar-refractivity contribution is 6.12. The summed E-state index contributed by atoms with van der Waals surface area (Å²) < 4.78 is 11.0. The molecule has 1 spiro atoms. The van der Waals surface area contributed by atoms with Crippen LogP contribution in [0.1, 0.15) is 40.2 Å². The first kappa shape index (κ1) is 19.8. The van der Waals surface area contributed by atoms with E-state index < -0.39 is 11.5 Å². The van der Waals surface area contributed by atoms with Crippen LogP contribution in [0.2, 0.25) is 0 Å². The van der Waals surface area contributed by atoms with E-state index in [1.165, 1.54) is 0 Å². The number of rotatable bonds is 3. The van der Waals surface area contributed by atoms with Crippen LogP contribution in [-0.2, 0) is 10.3 Å². The number of ketones is 1. The molecule has 6 nitrogen and oxygen atoms in total. The first-order chi connectivity index (χ1) is 16.7. The van der Waals surface area contributed by atoms with Crippen LogP contribution in [0.3, 0.4) is 0 Å². The molecule has 4 heterocycles. The van der Waals surface area contributed by atoms with Crippen molar-refractivity contribution in [2.45, 2.75) is 30.3 Å². The van der Waals surface area contributed by atoms with Crippen LogP contribution in [0.5, 0.6) is 11.5 Å². The third kappa shape index (κ3) is 2.49. The van der Waals surface area contributed by atoms with Crippen molar-refractivity contribution < 1.29 is 19.1 Å². The van der Waals surface area contributed by atoms with Crippen LogP contribution < -0.4 is 14.8 Å². The van der Waals surface area contributed by atoms with Crippen molar-refractivity contribution >= 4 is 17.4 Å². The first-order valence-electron chi connectivity index (χ1n) is 11.9. The van der Waals surface area contributed by atoms with Gasteiger partial charge in [-0.1, -0.05) is 48.5 Å². The number of para-hydroxylation sites is 1. The molecule has 170 valence electrons. The molecule has 7 rings (SSSR count). The topological polar surface area (TPSA) is 67.9 Å². The molecule has 4 aliphatic heterocycles. The fraction of sp³-hybridized carbons (Fsp3) is 0.286. The molecule has 1 N–H and O–H groups in total. The Hall–Kier alpha value is -3.64. The zero-order chi connectivity index (χ0) is 22.9. The van der Waals surface area contributed by atoms with Crippen LogP contribution in [0.4, 0.5) is 5.69 Å². The van der Waals surface area contributed by atoms with Gasteiger partial charge in [-0.15, -0.1) is 0 Å². The number of fused-ring (bicyclic) bond motifs is 5. The van der Waals surface area contributed by atoms with Crippen LogP contribution in [0.25, 0.3) is 0 Å². The van der Waals surface area contributed by atoms with Crippen molar-refractivity contribution in [3.05, 3.63) is 89.5 Å². The number of carbonyl (C=O) groups excluding carboxylic acids is 2. The van der Waals surface area contributed by atoms with Gasteiger partial charge >= 0.3 is 0 Å². The maximum atomic E-state index is 14.5. The average Bonchev–Trinajstić information content (AvgIpc) is 3.63. The highest BCUT2D eigenvalue weighted by Crippen LogP contribution is 2.61. The van der Waals surface area contributed by atoms with E-state index in [-0.39, 0.29) is 30.4 Å². The lowest BCUT2D eigenvalue weighted by molar-refractivity contribution is -0.127. The number of Topliss-reactive ketones (excluding diaryl/α,β-unsaturated/α-hetero) is 1. The Morgan fingerprint density at radius 3 is 2.65 bits per heavy atom. The molecule has 0 aliphatic carbocycles. The Morgan fingerprint density at radius 1 is 0.971 bits per heavy atom. The van der Waals surface area contributed by atoms with Crippen molar-refractivity contribution in [2.75, 3.05) is 18.7 Å². The van der Waals surface area contributed by atoms with E-state index in [0.29, 0.717) is 17.1 Å². The maximum absolute atomic E-state index is 14.5. The van der Waals surface area contributed by atoms with E-state index in [9.17, 15) is 9.59 Å². The average molecular weight is 453 g/mol. The molecular weight excluding hydrogens is 428 g/mol. The summed E-state index contributed by atoms with van der Waals surface area (Å²) >= 11 is 0. The lowest BCUT2D eigenvalue weighted by Gasteiger charge is -2.36. The summed E-state index contributed by atoms with van der Waals surface area (Å²) in [6.07, 6.45) is 1.97. The first-order valence-corrected chi connectivity index (χ1v) is 11.9. The molecular formula is C28H24N2O4. The van der Waals surface area contributed by atoms with Crippen molar-refractivity contribution in [1.82, 2.24) is 4.90 Å². The van der Waals surface area contributed by atoms with E-state index in [4.69, 9.17) is 9.47 Å². The highest BCUT2D eigenvalue weighted by atomic mass is 16.7. The molecule has 2 saturated heterocycles. The van der Waals surface area contributed by atoms with Crippen molar-refractivity contribution in [3.63, 3.8) is 0 Å². The zero-order valence-corrected chi connectivity index (χ0v) is 18.6. The van der Waals surface area contributed by atoms with E-state index in [0.717, 1.165) is 36.2 Å². The number of nitrogens with zero attached hydrogens (tertiary/aromatic N) is 1. The molecule has 0 aromatic heterocycles. The summed E-state index contributed by atoms with van der Waals surface area (Å²) in [7, 11) is 0. The minimum Gasteiger partial charge on any atom is -0.454 e. The predicted molar refractivity (Wildman–Crippen MR) is 126 cm³/mol. The van der Waals surface area contributed by atoms with Gasteiger partial charge in [-0.05, 0) is 49.2 Å². The Kier molecular flexibility index (Phi) is 4.18. The zero-order valence-electron chi connectivity index (χ0n) is 18.6. The van der Waals surface area contributed by atoms with Crippen molar-refractivity contribution in [2.24, 2.45) is 5.92 Å². The summed E-state index contributed by atoms with van der Waals surface area (Å²) in [6.45, 7) is 0.944. The number of hydrogen-bond acceptors (Lipinski definition) is 5. The molecule has 0 radical (unpaired) electrons. The quantitative estimate of drug-likeness (QED) is 0.600. The Morgan fingerprint density at radius 2 is 1.76 bits per heavy atom. The lowest BCUT2D eigenvalue weighted by Crippen LogP contribution is -2.52. The van der Waals surface area contributed by atoms with Gasteiger partial charge in [0, 0.05) is 28.8 Å². The van der Waals surface area contributed by atoms with Crippen LogP contribution in [0, 0.1) is 5.92 Å². The fourth-order valence-corrected chi connectivity index (χ4v) is 6.79. The normalized spacial score (nSPS) is 28.7. The lowest BCUT2D eigenvalue weighted by atomic mass is 9.69. The molecule has 0 bridgehead atoms. The third-order valence-electron chi connectivity index (χ3n) is 8.03. The molecule has 1 amide bonds. The van der Waals surface area contributed by atoms with Crippen LogP contribution in [0.15, 0.2) is 72.8 Å². The molecule has 34 heavy (non-hydrogen) atoms. The van der Waals surface area contributed by atoms with Gasteiger partial charge in [0.1, 0.15) is 5.54 Å². The summed E-state index contributed by atoms with van der Waals surface area (Å²) in [4.78, 5) is 30.8. The van der Waals surface area contributed by atoms with Crippen LogP contribution >= 0.6 is 0 Å². The van der Waals surface area contributed by atoms with Crippen LogP contribution in [-0.4, -0.2) is 36.0 Å². The van der Waals surface area contributed by atoms with Crippen molar-refractivity contribution in [3.8, 4) is 11.5 Å². The second-order valence-electron chi connectivity index (χ2n) is 9.52. The largest absolute Gasteiger partial charge is 0.454 e. The van der Waals surface area contributed by atoms with Gasteiger partial charge < -0.3 is 14.8 Å².